The summed E-state index contributed by atoms with van der Waals surface area (Å²) in [5.74, 6) is 0.823. The van der Waals surface area contributed by atoms with Gasteiger partial charge in [0.2, 0.25) is 10.0 Å². The largest absolute Gasteiger partial charge is 0.494 e. The molecule has 0 aliphatic rings. The number of ether oxygens (including phenoxy) is 1. The smallest absolute Gasteiger partial charge is 0.208 e. The summed E-state index contributed by atoms with van der Waals surface area (Å²) in [6, 6.07) is 17.7. The van der Waals surface area contributed by atoms with Crippen molar-refractivity contribution in [1.82, 2.24) is 10.0 Å². The van der Waals surface area contributed by atoms with Crippen LogP contribution in [0.25, 0.3) is 0 Å². The van der Waals surface area contributed by atoms with Gasteiger partial charge in [-0.2, -0.15) is 0 Å². The Morgan fingerprint density at radius 2 is 1.74 bits per heavy atom. The molecule has 6 nitrogen and oxygen atoms in total. The predicted molar refractivity (Wildman–Crippen MR) is 107 cm³/mol. The average Bonchev–Trinajstić information content (AvgIpc) is 2.66. The molecule has 0 saturated carbocycles. The molecule has 0 bridgehead atoms. The number of rotatable bonds is 12. The van der Waals surface area contributed by atoms with Crippen LogP contribution in [0, 0.1) is 0 Å². The van der Waals surface area contributed by atoms with Crippen LogP contribution in [-0.4, -0.2) is 45.6 Å². The second-order valence-electron chi connectivity index (χ2n) is 6.46. The molecule has 0 fully saturated rings. The Labute approximate surface area is 161 Å². The van der Waals surface area contributed by atoms with Gasteiger partial charge in [-0.3, -0.25) is 0 Å². The second-order valence-corrected chi connectivity index (χ2v) is 8.30. The first-order valence-electron chi connectivity index (χ1n) is 9.01. The van der Waals surface area contributed by atoms with Crippen LogP contribution in [0.5, 0.6) is 5.75 Å². The quantitative estimate of drug-likeness (QED) is 0.479. The molecule has 0 aliphatic carbocycles. The maximum Gasteiger partial charge on any atom is 0.208 e. The van der Waals surface area contributed by atoms with E-state index in [0.717, 1.165) is 30.4 Å². The fourth-order valence-corrected chi connectivity index (χ4v) is 3.03. The third-order valence-electron chi connectivity index (χ3n) is 4.05. The Bertz CT molecular complexity index is 764. The van der Waals surface area contributed by atoms with Crippen molar-refractivity contribution >= 4 is 10.0 Å². The molecule has 2 aromatic carbocycles. The van der Waals surface area contributed by atoms with E-state index in [1.54, 1.807) is 0 Å². The third kappa shape index (κ3) is 9.01. The van der Waals surface area contributed by atoms with Crippen molar-refractivity contribution in [3.05, 3.63) is 65.7 Å². The number of aryl methyl sites for hydroxylation is 1. The van der Waals surface area contributed by atoms with Crippen LogP contribution in [-0.2, 0) is 23.0 Å². The SMILES string of the molecule is CS(=O)(=O)NCC(CO)NCc1ccc(OCCCc2ccccc2)cc1. The highest BCUT2D eigenvalue weighted by atomic mass is 32.2. The number of aliphatic hydroxyl groups is 1. The van der Waals surface area contributed by atoms with Gasteiger partial charge in [-0.1, -0.05) is 42.5 Å². The minimum absolute atomic E-state index is 0.148. The predicted octanol–water partition coefficient (Wildman–Crippen LogP) is 1.70. The first-order valence-corrected chi connectivity index (χ1v) is 10.9. The highest BCUT2D eigenvalue weighted by Crippen LogP contribution is 2.13. The summed E-state index contributed by atoms with van der Waals surface area (Å²) < 4.78 is 30.4. The zero-order chi connectivity index (χ0) is 19.5. The Hall–Kier alpha value is -1.93. The Morgan fingerprint density at radius 1 is 1.04 bits per heavy atom. The van der Waals surface area contributed by atoms with Gasteiger partial charge in [0.25, 0.3) is 0 Å². The maximum atomic E-state index is 11.1. The monoisotopic (exact) mass is 392 g/mol. The molecule has 27 heavy (non-hydrogen) atoms. The molecular weight excluding hydrogens is 364 g/mol. The highest BCUT2D eigenvalue weighted by molar-refractivity contribution is 7.88. The van der Waals surface area contributed by atoms with E-state index in [2.05, 4.69) is 22.2 Å². The molecule has 0 radical (unpaired) electrons. The van der Waals surface area contributed by atoms with E-state index < -0.39 is 10.0 Å². The molecule has 0 aromatic heterocycles. The summed E-state index contributed by atoms with van der Waals surface area (Å²) in [6.07, 6.45) is 3.05. The van der Waals surface area contributed by atoms with E-state index in [-0.39, 0.29) is 19.2 Å². The van der Waals surface area contributed by atoms with Gasteiger partial charge in [0.15, 0.2) is 0 Å². The molecule has 0 heterocycles. The number of sulfonamides is 1. The summed E-state index contributed by atoms with van der Waals surface area (Å²) in [7, 11) is -3.26. The van der Waals surface area contributed by atoms with Gasteiger partial charge in [-0.15, -0.1) is 0 Å². The van der Waals surface area contributed by atoms with Crippen LogP contribution in [0.15, 0.2) is 54.6 Å². The molecule has 1 atom stereocenters. The van der Waals surface area contributed by atoms with Crippen molar-refractivity contribution < 1.29 is 18.3 Å². The highest BCUT2D eigenvalue weighted by Gasteiger charge is 2.10. The second kappa shape index (κ2) is 11.0. The fraction of sp³-hybridized carbons (Fsp3) is 0.400. The molecule has 0 saturated heterocycles. The van der Waals surface area contributed by atoms with Crippen LogP contribution in [0.1, 0.15) is 17.5 Å². The van der Waals surface area contributed by atoms with Crippen LogP contribution in [0.2, 0.25) is 0 Å². The first kappa shape index (κ1) is 21.4. The first-order chi connectivity index (χ1) is 13.0. The molecule has 7 heteroatoms. The molecule has 2 aromatic rings. The molecule has 3 N–H and O–H groups in total. The van der Waals surface area contributed by atoms with Crippen molar-refractivity contribution in [2.24, 2.45) is 0 Å². The lowest BCUT2D eigenvalue weighted by Gasteiger charge is -2.16. The van der Waals surface area contributed by atoms with Gasteiger partial charge in [0, 0.05) is 19.1 Å². The van der Waals surface area contributed by atoms with Crippen LogP contribution in [0.3, 0.4) is 0 Å². The molecule has 148 valence electrons. The number of benzene rings is 2. The molecule has 0 amide bonds. The van der Waals surface area contributed by atoms with Crippen molar-refractivity contribution in [2.45, 2.75) is 25.4 Å². The van der Waals surface area contributed by atoms with Crippen molar-refractivity contribution in [1.29, 1.82) is 0 Å². The molecule has 1 unspecified atom stereocenters. The molecule has 2 rings (SSSR count). The standard InChI is InChI=1S/C20H28N2O4S/c1-27(24,25)22-15-19(16-23)21-14-18-9-11-20(12-10-18)26-13-5-8-17-6-3-2-4-7-17/h2-4,6-7,9-12,19,21-23H,5,8,13-16H2,1H3. The zero-order valence-electron chi connectivity index (χ0n) is 15.6. The van der Waals surface area contributed by atoms with E-state index in [4.69, 9.17) is 4.74 Å². The summed E-state index contributed by atoms with van der Waals surface area (Å²) in [5, 5.41) is 12.5. The Balaban J connectivity index is 1.69. The number of aliphatic hydroxyl groups excluding tert-OH is 1. The summed E-state index contributed by atoms with van der Waals surface area (Å²) in [5.41, 5.74) is 2.34. The number of hydrogen-bond acceptors (Lipinski definition) is 5. The van der Waals surface area contributed by atoms with Crippen molar-refractivity contribution in [3.8, 4) is 5.75 Å². The summed E-state index contributed by atoms with van der Waals surface area (Å²) in [6.45, 7) is 1.20. The summed E-state index contributed by atoms with van der Waals surface area (Å²) in [4.78, 5) is 0. The molecule has 0 spiro atoms. The lowest BCUT2D eigenvalue weighted by Crippen LogP contribution is -2.42. The number of nitrogens with one attached hydrogen (secondary N) is 2. The van der Waals surface area contributed by atoms with E-state index in [9.17, 15) is 13.5 Å². The van der Waals surface area contributed by atoms with E-state index >= 15 is 0 Å². The minimum atomic E-state index is -3.26. The van der Waals surface area contributed by atoms with Gasteiger partial charge in [0.1, 0.15) is 5.75 Å². The van der Waals surface area contributed by atoms with Crippen molar-refractivity contribution in [2.75, 3.05) is 26.0 Å². The Kier molecular flexibility index (Phi) is 8.74. The third-order valence-corrected chi connectivity index (χ3v) is 4.74. The zero-order valence-corrected chi connectivity index (χ0v) is 16.4. The minimum Gasteiger partial charge on any atom is -0.494 e. The number of hydrogen-bond donors (Lipinski definition) is 3. The average molecular weight is 393 g/mol. The van der Waals surface area contributed by atoms with Crippen molar-refractivity contribution in [3.63, 3.8) is 0 Å². The van der Waals surface area contributed by atoms with Gasteiger partial charge in [-0.25, -0.2) is 13.1 Å². The van der Waals surface area contributed by atoms with E-state index in [1.165, 1.54) is 5.56 Å². The van der Waals surface area contributed by atoms with Gasteiger partial charge < -0.3 is 15.2 Å². The van der Waals surface area contributed by atoms with E-state index in [0.29, 0.717) is 13.2 Å². The topological polar surface area (TPSA) is 87.7 Å². The normalized spacial score (nSPS) is 12.7. The molecule has 0 aliphatic heterocycles. The van der Waals surface area contributed by atoms with Crippen LogP contribution >= 0.6 is 0 Å². The maximum absolute atomic E-state index is 11.1. The van der Waals surface area contributed by atoms with Gasteiger partial charge in [0.05, 0.1) is 19.5 Å². The van der Waals surface area contributed by atoms with Gasteiger partial charge >= 0.3 is 0 Å². The Morgan fingerprint density at radius 3 is 2.37 bits per heavy atom. The van der Waals surface area contributed by atoms with Gasteiger partial charge in [-0.05, 0) is 36.1 Å². The molecular formula is C20H28N2O4S. The van der Waals surface area contributed by atoms with E-state index in [1.807, 2.05) is 42.5 Å². The lowest BCUT2D eigenvalue weighted by molar-refractivity contribution is 0.242. The van der Waals surface area contributed by atoms with Crippen LogP contribution in [0.4, 0.5) is 0 Å². The lowest BCUT2D eigenvalue weighted by atomic mass is 10.1. The summed E-state index contributed by atoms with van der Waals surface area (Å²) >= 11 is 0. The van der Waals surface area contributed by atoms with Crippen LogP contribution < -0.4 is 14.8 Å². The fourth-order valence-electron chi connectivity index (χ4n) is 2.53.